The Kier molecular flexibility index (Phi) is 3.63. The van der Waals surface area contributed by atoms with Gasteiger partial charge >= 0.3 is 0 Å². The molecule has 0 saturated heterocycles. The summed E-state index contributed by atoms with van der Waals surface area (Å²) < 4.78 is 7.58. The van der Waals surface area contributed by atoms with Gasteiger partial charge in [0.15, 0.2) is 5.82 Å². The van der Waals surface area contributed by atoms with Crippen LogP contribution < -0.4 is 5.32 Å². The number of nitrogens with one attached hydrogen (secondary N) is 1. The van der Waals surface area contributed by atoms with Crippen molar-refractivity contribution in [2.45, 2.75) is 31.3 Å². The SMILES string of the molecule is CNc1cc(-c2cnn(C)c2)nc(C2(OC)CCCC2)n1. The molecule has 0 bridgehead atoms. The van der Waals surface area contributed by atoms with Gasteiger partial charge in [0.1, 0.15) is 11.4 Å². The number of nitrogens with zero attached hydrogens (tertiary/aromatic N) is 4. The number of aromatic nitrogens is 4. The molecule has 2 aromatic heterocycles. The predicted molar refractivity (Wildman–Crippen MR) is 80.9 cm³/mol. The van der Waals surface area contributed by atoms with E-state index in [2.05, 4.69) is 15.4 Å². The Balaban J connectivity index is 2.08. The predicted octanol–water partition coefficient (Wildman–Crippen LogP) is 2.33. The molecule has 0 unspecified atom stereocenters. The van der Waals surface area contributed by atoms with Gasteiger partial charge in [-0.05, 0) is 25.7 Å². The first-order chi connectivity index (χ1) is 10.2. The molecule has 0 atom stereocenters. The zero-order chi connectivity index (χ0) is 14.9. The maximum absolute atomic E-state index is 5.81. The molecule has 2 heterocycles. The van der Waals surface area contributed by atoms with Gasteiger partial charge in [-0.15, -0.1) is 0 Å². The molecule has 0 amide bonds. The lowest BCUT2D eigenvalue weighted by Gasteiger charge is -2.26. The molecule has 1 saturated carbocycles. The Hall–Kier alpha value is -1.95. The second-order valence-electron chi connectivity index (χ2n) is 5.52. The van der Waals surface area contributed by atoms with Gasteiger partial charge in [-0.25, -0.2) is 9.97 Å². The van der Waals surface area contributed by atoms with Gasteiger partial charge in [-0.3, -0.25) is 4.68 Å². The third kappa shape index (κ3) is 2.51. The first kappa shape index (κ1) is 14.0. The smallest absolute Gasteiger partial charge is 0.163 e. The van der Waals surface area contributed by atoms with Crippen LogP contribution in [0.2, 0.25) is 0 Å². The number of anilines is 1. The third-order valence-electron chi connectivity index (χ3n) is 4.19. The molecular weight excluding hydrogens is 266 g/mol. The highest BCUT2D eigenvalue weighted by molar-refractivity contribution is 5.61. The fraction of sp³-hybridized carbons (Fsp3) is 0.533. The van der Waals surface area contributed by atoms with E-state index in [4.69, 9.17) is 9.72 Å². The number of aryl methyl sites for hydroxylation is 1. The molecule has 1 N–H and O–H groups in total. The highest BCUT2D eigenvalue weighted by Crippen LogP contribution is 2.40. The van der Waals surface area contributed by atoms with E-state index < -0.39 is 0 Å². The van der Waals surface area contributed by atoms with Crippen molar-refractivity contribution in [1.82, 2.24) is 19.7 Å². The van der Waals surface area contributed by atoms with E-state index >= 15 is 0 Å². The summed E-state index contributed by atoms with van der Waals surface area (Å²) in [6, 6.07) is 1.94. The van der Waals surface area contributed by atoms with Crippen molar-refractivity contribution in [1.29, 1.82) is 0 Å². The standard InChI is InChI=1S/C15H21N5O/c1-16-13-8-12(11-9-17-20(2)10-11)18-14(19-13)15(21-3)6-4-5-7-15/h8-10H,4-7H2,1-3H3,(H,16,18,19). The minimum absolute atomic E-state index is 0.343. The van der Waals surface area contributed by atoms with Crippen LogP contribution in [-0.2, 0) is 17.4 Å². The van der Waals surface area contributed by atoms with E-state index in [1.807, 2.05) is 32.6 Å². The van der Waals surface area contributed by atoms with Gasteiger partial charge in [0, 0.05) is 39.0 Å². The van der Waals surface area contributed by atoms with Crippen molar-refractivity contribution in [2.24, 2.45) is 7.05 Å². The minimum atomic E-state index is -0.343. The van der Waals surface area contributed by atoms with Gasteiger partial charge in [0.05, 0.1) is 11.9 Å². The van der Waals surface area contributed by atoms with Crippen LogP contribution >= 0.6 is 0 Å². The summed E-state index contributed by atoms with van der Waals surface area (Å²) in [4.78, 5) is 9.40. The van der Waals surface area contributed by atoms with Crippen LogP contribution in [0, 0.1) is 0 Å². The summed E-state index contributed by atoms with van der Waals surface area (Å²) in [6.07, 6.45) is 8.04. The summed E-state index contributed by atoms with van der Waals surface area (Å²) in [5.74, 6) is 1.58. The molecule has 0 radical (unpaired) electrons. The van der Waals surface area contributed by atoms with Crippen LogP contribution in [0.4, 0.5) is 5.82 Å². The molecule has 112 valence electrons. The zero-order valence-electron chi connectivity index (χ0n) is 12.8. The van der Waals surface area contributed by atoms with Gasteiger partial charge in [0.2, 0.25) is 0 Å². The zero-order valence-corrected chi connectivity index (χ0v) is 12.8. The summed E-state index contributed by atoms with van der Waals surface area (Å²) in [6.45, 7) is 0. The van der Waals surface area contributed by atoms with Gasteiger partial charge in [-0.2, -0.15) is 5.10 Å². The number of rotatable bonds is 4. The van der Waals surface area contributed by atoms with Gasteiger partial charge in [-0.1, -0.05) is 0 Å². The second-order valence-corrected chi connectivity index (χ2v) is 5.52. The monoisotopic (exact) mass is 287 g/mol. The quantitative estimate of drug-likeness (QED) is 0.935. The summed E-state index contributed by atoms with van der Waals surface area (Å²) in [5, 5.41) is 7.33. The van der Waals surface area contributed by atoms with Crippen LogP contribution in [0.1, 0.15) is 31.5 Å². The molecule has 1 aliphatic rings. The Morgan fingerprint density at radius 3 is 2.62 bits per heavy atom. The number of ether oxygens (including phenoxy) is 1. The number of hydrogen-bond acceptors (Lipinski definition) is 5. The molecule has 0 spiro atoms. The summed E-state index contributed by atoms with van der Waals surface area (Å²) in [5.41, 5.74) is 1.52. The highest BCUT2D eigenvalue weighted by Gasteiger charge is 2.39. The Labute approximate surface area is 124 Å². The molecule has 0 aliphatic heterocycles. The largest absolute Gasteiger partial charge is 0.373 e. The van der Waals surface area contributed by atoms with E-state index in [-0.39, 0.29) is 5.60 Å². The van der Waals surface area contributed by atoms with Crippen LogP contribution in [-0.4, -0.2) is 33.9 Å². The fourth-order valence-electron chi connectivity index (χ4n) is 2.95. The van der Waals surface area contributed by atoms with Crippen molar-refractivity contribution in [3.63, 3.8) is 0 Å². The first-order valence-electron chi connectivity index (χ1n) is 7.28. The molecule has 3 rings (SSSR count). The lowest BCUT2D eigenvalue weighted by molar-refractivity contribution is -0.0160. The lowest BCUT2D eigenvalue weighted by atomic mass is 10.0. The van der Waals surface area contributed by atoms with Crippen molar-refractivity contribution in [3.05, 3.63) is 24.3 Å². The molecule has 6 heteroatoms. The van der Waals surface area contributed by atoms with Crippen LogP contribution in [0.15, 0.2) is 18.5 Å². The second kappa shape index (κ2) is 5.44. The molecule has 21 heavy (non-hydrogen) atoms. The third-order valence-corrected chi connectivity index (χ3v) is 4.19. The Bertz CT molecular complexity index is 631. The summed E-state index contributed by atoms with van der Waals surface area (Å²) >= 11 is 0. The van der Waals surface area contributed by atoms with Crippen LogP contribution in [0.5, 0.6) is 0 Å². The average molecular weight is 287 g/mol. The maximum atomic E-state index is 5.81. The molecule has 1 aliphatic carbocycles. The van der Waals surface area contributed by atoms with Crippen molar-refractivity contribution in [2.75, 3.05) is 19.5 Å². The topological polar surface area (TPSA) is 64.9 Å². The molecular formula is C15H21N5O. The van der Waals surface area contributed by atoms with E-state index in [1.165, 1.54) is 0 Å². The molecule has 1 fully saturated rings. The molecule has 0 aromatic carbocycles. The molecule has 6 nitrogen and oxygen atoms in total. The minimum Gasteiger partial charge on any atom is -0.373 e. The van der Waals surface area contributed by atoms with E-state index in [0.29, 0.717) is 0 Å². The highest BCUT2D eigenvalue weighted by atomic mass is 16.5. The fourth-order valence-corrected chi connectivity index (χ4v) is 2.95. The van der Waals surface area contributed by atoms with Crippen molar-refractivity contribution in [3.8, 4) is 11.3 Å². The average Bonchev–Trinajstić information content (AvgIpc) is 3.16. The normalized spacial score (nSPS) is 17.1. The van der Waals surface area contributed by atoms with Gasteiger partial charge < -0.3 is 10.1 Å². The first-order valence-corrected chi connectivity index (χ1v) is 7.28. The van der Waals surface area contributed by atoms with Crippen molar-refractivity contribution >= 4 is 5.82 Å². The molecule has 2 aromatic rings. The Morgan fingerprint density at radius 1 is 1.29 bits per heavy atom. The van der Waals surface area contributed by atoms with E-state index in [1.54, 1.807) is 11.8 Å². The van der Waals surface area contributed by atoms with Crippen LogP contribution in [0.25, 0.3) is 11.3 Å². The number of methoxy groups -OCH3 is 1. The number of hydrogen-bond donors (Lipinski definition) is 1. The van der Waals surface area contributed by atoms with Crippen LogP contribution in [0.3, 0.4) is 0 Å². The van der Waals surface area contributed by atoms with E-state index in [9.17, 15) is 0 Å². The van der Waals surface area contributed by atoms with E-state index in [0.717, 1.165) is 48.6 Å². The van der Waals surface area contributed by atoms with Gasteiger partial charge in [0.25, 0.3) is 0 Å². The summed E-state index contributed by atoms with van der Waals surface area (Å²) in [7, 11) is 5.52. The van der Waals surface area contributed by atoms with Crippen molar-refractivity contribution < 1.29 is 4.74 Å². The lowest BCUT2D eigenvalue weighted by Crippen LogP contribution is -2.27. The maximum Gasteiger partial charge on any atom is 0.163 e. The Morgan fingerprint density at radius 2 is 2.05 bits per heavy atom.